The molecule has 5 heteroatoms. The minimum Gasteiger partial charge on any atom is -0.455 e. The van der Waals surface area contributed by atoms with Gasteiger partial charge in [0, 0.05) is 39.1 Å². The first kappa shape index (κ1) is 33.9. The summed E-state index contributed by atoms with van der Waals surface area (Å²) < 4.78 is 11.0. The fourth-order valence-corrected chi connectivity index (χ4v) is 8.86. The number of nitrogens with zero attached hydrogens (tertiary/aromatic N) is 4. The van der Waals surface area contributed by atoms with Crippen LogP contribution in [0.1, 0.15) is 0 Å². The van der Waals surface area contributed by atoms with Crippen molar-refractivity contribution in [3.05, 3.63) is 218 Å². The molecule has 282 valence electrons. The Morgan fingerprint density at radius 3 is 1.68 bits per heavy atom. The summed E-state index contributed by atoms with van der Waals surface area (Å²) in [5, 5.41) is 2.25. The number of anilines is 3. The van der Waals surface area contributed by atoms with E-state index in [1.807, 2.05) is 12.1 Å². The largest absolute Gasteiger partial charge is 0.455 e. The molecule has 0 saturated heterocycles. The highest BCUT2D eigenvalue weighted by molar-refractivity contribution is 6.09. The molecule has 12 rings (SSSR count). The van der Waals surface area contributed by atoms with Gasteiger partial charge in [0.1, 0.15) is 11.2 Å². The Morgan fingerprint density at radius 2 is 0.967 bits per heavy atom. The van der Waals surface area contributed by atoms with Crippen molar-refractivity contribution in [1.82, 2.24) is 14.0 Å². The van der Waals surface area contributed by atoms with Crippen molar-refractivity contribution >= 4 is 66.8 Å². The smallest absolute Gasteiger partial charge is 0.220 e. The van der Waals surface area contributed by atoms with Gasteiger partial charge in [0.2, 0.25) is 5.78 Å². The maximum atomic E-state index is 6.44. The van der Waals surface area contributed by atoms with Gasteiger partial charge in [-0.25, -0.2) is 4.98 Å². The SMILES string of the molecule is c1ccc(-c2ccc(N(c3ccc(-c4cccc5c4oc4ccccc45)cc3)c3ccc4c(c3)n3c5ccccc5nc3n4-c3ccc(-c4ccccc4)cc3)cc2)cc1. The first-order valence-corrected chi connectivity index (χ1v) is 20.3. The molecule has 0 aliphatic heterocycles. The van der Waals surface area contributed by atoms with Crippen LogP contribution in [0.3, 0.4) is 0 Å². The van der Waals surface area contributed by atoms with Gasteiger partial charge in [-0.2, -0.15) is 0 Å². The van der Waals surface area contributed by atoms with Crippen LogP contribution in [0.2, 0.25) is 0 Å². The molecular weight excluding hydrogens is 733 g/mol. The summed E-state index contributed by atoms with van der Waals surface area (Å²) in [6.07, 6.45) is 0. The van der Waals surface area contributed by atoms with Gasteiger partial charge in [0.05, 0.1) is 22.1 Å². The number of imidazole rings is 2. The molecular formula is C55H36N4O. The summed E-state index contributed by atoms with van der Waals surface area (Å²) >= 11 is 0. The predicted octanol–water partition coefficient (Wildman–Crippen LogP) is 14.8. The summed E-state index contributed by atoms with van der Waals surface area (Å²) in [6, 6.07) is 77.4. The topological polar surface area (TPSA) is 38.6 Å². The molecule has 0 amide bonds. The van der Waals surface area contributed by atoms with Crippen LogP contribution < -0.4 is 4.90 Å². The normalized spacial score (nSPS) is 11.7. The van der Waals surface area contributed by atoms with E-state index in [0.29, 0.717) is 0 Å². The Labute approximate surface area is 346 Å². The lowest BCUT2D eigenvalue weighted by molar-refractivity contribution is 0.670. The van der Waals surface area contributed by atoms with Crippen molar-refractivity contribution in [2.45, 2.75) is 0 Å². The monoisotopic (exact) mass is 768 g/mol. The number of para-hydroxylation sites is 4. The molecule has 12 aromatic rings. The fourth-order valence-electron chi connectivity index (χ4n) is 8.86. The van der Waals surface area contributed by atoms with Crippen LogP contribution in [0.4, 0.5) is 17.1 Å². The quantitative estimate of drug-likeness (QED) is 0.162. The number of hydrogen-bond donors (Lipinski definition) is 0. The van der Waals surface area contributed by atoms with Crippen molar-refractivity contribution in [1.29, 1.82) is 0 Å². The second-order valence-corrected chi connectivity index (χ2v) is 15.2. The predicted molar refractivity (Wildman–Crippen MR) is 248 cm³/mol. The third kappa shape index (κ3) is 5.52. The summed E-state index contributed by atoms with van der Waals surface area (Å²) in [7, 11) is 0. The zero-order chi connectivity index (χ0) is 39.6. The summed E-state index contributed by atoms with van der Waals surface area (Å²) in [5.74, 6) is 0.874. The molecule has 0 bridgehead atoms. The van der Waals surface area contributed by atoms with Gasteiger partial charge in [-0.05, 0) is 101 Å². The molecule has 0 N–H and O–H groups in total. The number of benzene rings is 9. The van der Waals surface area contributed by atoms with Gasteiger partial charge in [-0.3, -0.25) is 8.97 Å². The molecule has 3 aromatic heterocycles. The number of rotatable bonds is 7. The van der Waals surface area contributed by atoms with Crippen molar-refractivity contribution < 1.29 is 4.42 Å². The van der Waals surface area contributed by atoms with Crippen LogP contribution in [0.5, 0.6) is 0 Å². The first-order chi connectivity index (χ1) is 29.7. The van der Waals surface area contributed by atoms with Crippen LogP contribution in [-0.4, -0.2) is 14.0 Å². The van der Waals surface area contributed by atoms with E-state index in [2.05, 4.69) is 220 Å². The van der Waals surface area contributed by atoms with Crippen LogP contribution in [-0.2, 0) is 0 Å². The maximum absolute atomic E-state index is 6.44. The third-order valence-corrected chi connectivity index (χ3v) is 11.7. The van der Waals surface area contributed by atoms with Crippen molar-refractivity contribution in [2.24, 2.45) is 0 Å². The Kier molecular flexibility index (Phi) is 7.78. The Bertz CT molecular complexity index is 3510. The molecule has 5 nitrogen and oxygen atoms in total. The summed E-state index contributed by atoms with van der Waals surface area (Å²) in [4.78, 5) is 7.56. The Morgan fingerprint density at radius 1 is 0.400 bits per heavy atom. The zero-order valence-electron chi connectivity index (χ0n) is 32.5. The number of fused-ring (bicyclic) bond motifs is 8. The van der Waals surface area contributed by atoms with Gasteiger partial charge in [-0.15, -0.1) is 0 Å². The lowest BCUT2D eigenvalue weighted by Gasteiger charge is -2.26. The fraction of sp³-hybridized carbons (Fsp3) is 0. The molecule has 0 fully saturated rings. The minimum atomic E-state index is 0.874. The number of hydrogen-bond acceptors (Lipinski definition) is 3. The molecule has 3 heterocycles. The van der Waals surface area contributed by atoms with Crippen LogP contribution in [0.15, 0.2) is 223 Å². The molecule has 0 aliphatic rings. The van der Waals surface area contributed by atoms with Crippen molar-refractivity contribution in [3.8, 4) is 39.1 Å². The Hall–Kier alpha value is -8.15. The van der Waals surface area contributed by atoms with E-state index < -0.39 is 0 Å². The van der Waals surface area contributed by atoms with Crippen LogP contribution in [0.25, 0.3) is 88.9 Å². The molecule has 0 unspecified atom stereocenters. The summed E-state index contributed by atoms with van der Waals surface area (Å²) in [5.41, 5.74) is 17.1. The summed E-state index contributed by atoms with van der Waals surface area (Å²) in [6.45, 7) is 0. The van der Waals surface area contributed by atoms with Crippen molar-refractivity contribution in [2.75, 3.05) is 4.90 Å². The molecule has 0 aliphatic carbocycles. The van der Waals surface area contributed by atoms with Crippen molar-refractivity contribution in [3.63, 3.8) is 0 Å². The number of aromatic nitrogens is 3. The zero-order valence-corrected chi connectivity index (χ0v) is 32.5. The average Bonchev–Trinajstić information content (AvgIpc) is 3.99. The molecule has 0 atom stereocenters. The van der Waals surface area contributed by atoms with E-state index in [0.717, 1.165) is 83.7 Å². The molecule has 9 aromatic carbocycles. The van der Waals surface area contributed by atoms with Gasteiger partial charge < -0.3 is 9.32 Å². The highest BCUT2D eigenvalue weighted by Gasteiger charge is 2.21. The second kappa shape index (κ2) is 13.8. The van der Waals surface area contributed by atoms with Gasteiger partial charge in [0.15, 0.2) is 0 Å². The molecule has 0 saturated carbocycles. The highest BCUT2D eigenvalue weighted by Crippen LogP contribution is 2.41. The minimum absolute atomic E-state index is 0.874. The Balaban J connectivity index is 1.02. The van der Waals surface area contributed by atoms with Gasteiger partial charge in [-0.1, -0.05) is 146 Å². The second-order valence-electron chi connectivity index (χ2n) is 15.2. The van der Waals surface area contributed by atoms with E-state index in [1.54, 1.807) is 0 Å². The highest BCUT2D eigenvalue weighted by atomic mass is 16.3. The van der Waals surface area contributed by atoms with Gasteiger partial charge in [0.25, 0.3) is 0 Å². The lowest BCUT2D eigenvalue weighted by atomic mass is 10.0. The van der Waals surface area contributed by atoms with E-state index >= 15 is 0 Å². The molecule has 0 radical (unpaired) electrons. The molecule has 0 spiro atoms. The van der Waals surface area contributed by atoms with Gasteiger partial charge >= 0.3 is 0 Å². The number of furan rings is 1. The standard InChI is InChI=1S/C55H36N4O/c1-3-12-37(13-4-1)39-22-28-42(29-23-39)57(43-32-26-41(27-33-43)46-17-11-18-48-47-16-7-10-21-53(47)60-54(46)48)45-34-35-51-52(36-45)59-50-20-9-8-19-49(50)56-55(59)58(51)44-30-24-40(25-31-44)38-14-5-2-6-15-38/h1-36H. The van der Waals surface area contributed by atoms with E-state index in [9.17, 15) is 0 Å². The van der Waals surface area contributed by atoms with Crippen LogP contribution >= 0.6 is 0 Å². The first-order valence-electron chi connectivity index (χ1n) is 20.3. The third-order valence-electron chi connectivity index (χ3n) is 11.7. The van der Waals surface area contributed by atoms with E-state index in [-0.39, 0.29) is 0 Å². The van der Waals surface area contributed by atoms with Crippen LogP contribution in [0, 0.1) is 0 Å². The maximum Gasteiger partial charge on any atom is 0.220 e. The average molecular weight is 769 g/mol. The lowest BCUT2D eigenvalue weighted by Crippen LogP contribution is -2.10. The molecule has 60 heavy (non-hydrogen) atoms. The van der Waals surface area contributed by atoms with E-state index in [1.165, 1.54) is 22.3 Å². The van der Waals surface area contributed by atoms with E-state index in [4.69, 9.17) is 9.40 Å².